The van der Waals surface area contributed by atoms with E-state index < -0.39 is 7.12 Å². The molecule has 35 heavy (non-hydrogen) atoms. The van der Waals surface area contributed by atoms with Gasteiger partial charge in [-0.05, 0) is 109 Å². The maximum Gasteiger partial charge on any atom is 0.494 e. The van der Waals surface area contributed by atoms with E-state index in [0.29, 0.717) is 18.0 Å². The number of nitrogens with zero attached hydrogens (tertiary/aromatic N) is 2. The summed E-state index contributed by atoms with van der Waals surface area (Å²) in [5.41, 5.74) is 2.26. The molecule has 7 heteroatoms. The molecule has 0 radical (unpaired) electrons. The van der Waals surface area contributed by atoms with Gasteiger partial charge in [0.2, 0.25) is 5.91 Å². The Labute approximate surface area is 210 Å². The van der Waals surface area contributed by atoms with Crippen molar-refractivity contribution in [2.45, 2.75) is 107 Å². The molecule has 0 aromatic heterocycles. The van der Waals surface area contributed by atoms with Crippen LogP contribution in [0.3, 0.4) is 0 Å². The molecule has 4 aliphatic heterocycles. The number of benzene rings is 1. The second-order valence-corrected chi connectivity index (χ2v) is 13.2. The van der Waals surface area contributed by atoms with E-state index in [9.17, 15) is 4.79 Å². The Morgan fingerprint density at radius 1 is 0.943 bits per heavy atom. The van der Waals surface area contributed by atoms with Crippen molar-refractivity contribution in [1.82, 2.24) is 10.2 Å². The summed E-state index contributed by atoms with van der Waals surface area (Å²) in [5, 5.41) is 3.48. The number of nitrogens with one attached hydrogen (secondary N) is 1. The highest BCUT2D eigenvalue weighted by molar-refractivity contribution is 6.62. The molecular weight excluding hydrogens is 437 g/mol. The number of rotatable bonds is 3. The topological polar surface area (TPSA) is 54.0 Å². The molecule has 3 saturated heterocycles. The van der Waals surface area contributed by atoms with Crippen LogP contribution in [0.5, 0.6) is 0 Å². The number of hydrogen-bond acceptors (Lipinski definition) is 5. The maximum absolute atomic E-state index is 14.2. The maximum atomic E-state index is 14.2. The quantitative estimate of drug-likeness (QED) is 0.679. The molecule has 2 aliphatic carbocycles. The molecule has 0 unspecified atom stereocenters. The van der Waals surface area contributed by atoms with Gasteiger partial charge in [-0.3, -0.25) is 9.69 Å². The van der Waals surface area contributed by atoms with Gasteiger partial charge in [0.15, 0.2) is 0 Å². The highest BCUT2D eigenvalue weighted by atomic mass is 16.7. The molecule has 7 rings (SSSR count). The van der Waals surface area contributed by atoms with Gasteiger partial charge in [-0.25, -0.2) is 0 Å². The summed E-state index contributed by atoms with van der Waals surface area (Å²) in [5.74, 6) is 1.26. The first-order chi connectivity index (χ1) is 16.7. The third-order valence-corrected chi connectivity index (χ3v) is 10.8. The molecule has 1 N–H and O–H groups in total. The van der Waals surface area contributed by atoms with Gasteiger partial charge in [0, 0.05) is 30.4 Å². The Bertz CT molecular complexity index is 1030. The van der Waals surface area contributed by atoms with Crippen LogP contribution in [0.4, 0.5) is 5.69 Å². The van der Waals surface area contributed by atoms with Crippen LogP contribution in [0.25, 0.3) is 0 Å². The van der Waals surface area contributed by atoms with Crippen LogP contribution < -0.4 is 15.7 Å². The van der Waals surface area contributed by atoms with E-state index in [1.165, 1.54) is 31.4 Å². The second kappa shape index (κ2) is 7.56. The average molecular weight is 477 g/mol. The summed E-state index contributed by atoms with van der Waals surface area (Å²) in [6.07, 6.45) is 8.21. The standard InChI is InChI=1S/C28H40BN3O3/c1-26(2)27(3,4)35-29(34-26)19-6-8-23-24(14-19)32(25(33)28(23)9-11-30-12-10-28)22-15-21(16-22)31-17-18-5-7-20(31)13-18/h6,8,14,18,20-22,30H,5,7,9-13,15-17H2,1-4H3/t18-,20+,21-,22+/m0/s1. The Balaban J connectivity index is 1.19. The highest BCUT2D eigenvalue weighted by Crippen LogP contribution is 2.51. The third kappa shape index (κ3) is 3.20. The van der Waals surface area contributed by atoms with E-state index in [2.05, 4.69) is 61.0 Å². The minimum Gasteiger partial charge on any atom is -0.399 e. The van der Waals surface area contributed by atoms with Crippen molar-refractivity contribution in [1.29, 1.82) is 0 Å². The third-order valence-electron chi connectivity index (χ3n) is 10.8. The van der Waals surface area contributed by atoms with Crippen LogP contribution in [0.15, 0.2) is 18.2 Å². The van der Waals surface area contributed by atoms with Gasteiger partial charge in [0.1, 0.15) is 0 Å². The summed E-state index contributed by atoms with van der Waals surface area (Å²) in [4.78, 5) is 19.2. The van der Waals surface area contributed by atoms with Gasteiger partial charge in [-0.15, -0.1) is 0 Å². The molecule has 188 valence electrons. The SMILES string of the molecule is CC1(C)OB(c2ccc3c(c2)N([C@H]2C[C@@H](N4C[C@H]5CC[C@@H]4C5)C2)C(=O)C32CCNCC2)OC1(C)C. The summed E-state index contributed by atoms with van der Waals surface area (Å²) < 4.78 is 12.8. The monoisotopic (exact) mass is 477 g/mol. The summed E-state index contributed by atoms with van der Waals surface area (Å²) in [6, 6.07) is 8.35. The predicted octanol–water partition coefficient (Wildman–Crippen LogP) is 2.97. The number of piperidine rings is 2. The molecule has 2 saturated carbocycles. The van der Waals surface area contributed by atoms with E-state index in [1.807, 2.05) is 0 Å². The van der Waals surface area contributed by atoms with Crippen molar-refractivity contribution in [2.75, 3.05) is 24.5 Å². The van der Waals surface area contributed by atoms with E-state index in [1.54, 1.807) is 0 Å². The molecule has 1 aromatic rings. The Hall–Kier alpha value is -1.41. The average Bonchev–Trinajstić information content (AvgIpc) is 3.52. The van der Waals surface area contributed by atoms with E-state index in [4.69, 9.17) is 9.31 Å². The fraction of sp³-hybridized carbons (Fsp3) is 0.750. The van der Waals surface area contributed by atoms with Gasteiger partial charge in [0.05, 0.1) is 16.6 Å². The van der Waals surface area contributed by atoms with Crippen molar-refractivity contribution in [3.63, 3.8) is 0 Å². The van der Waals surface area contributed by atoms with Crippen molar-refractivity contribution >= 4 is 24.2 Å². The van der Waals surface area contributed by atoms with E-state index in [-0.39, 0.29) is 16.6 Å². The molecule has 2 bridgehead atoms. The molecule has 4 heterocycles. The summed E-state index contributed by atoms with van der Waals surface area (Å²) >= 11 is 0. The van der Waals surface area contributed by atoms with Gasteiger partial charge < -0.3 is 19.5 Å². The first-order valence-corrected chi connectivity index (χ1v) is 14.0. The fourth-order valence-electron chi connectivity index (χ4n) is 7.88. The lowest BCUT2D eigenvalue weighted by Crippen LogP contribution is -2.58. The number of carbonyl (C=O) groups excluding carboxylic acids is 1. The van der Waals surface area contributed by atoms with Crippen LogP contribution >= 0.6 is 0 Å². The number of carbonyl (C=O) groups is 1. The Morgan fingerprint density at radius 2 is 1.66 bits per heavy atom. The van der Waals surface area contributed by atoms with Crippen molar-refractivity contribution in [3.8, 4) is 0 Å². The lowest BCUT2D eigenvalue weighted by atomic mass is 9.72. The Morgan fingerprint density at radius 3 is 2.29 bits per heavy atom. The number of hydrogen-bond donors (Lipinski definition) is 1. The predicted molar refractivity (Wildman–Crippen MR) is 138 cm³/mol. The normalized spacial score (nSPS) is 36.7. The van der Waals surface area contributed by atoms with Crippen LogP contribution in [0.2, 0.25) is 0 Å². The van der Waals surface area contributed by atoms with E-state index >= 15 is 0 Å². The number of anilines is 1. The minimum absolute atomic E-state index is 0.313. The number of amides is 1. The molecule has 2 atom stereocenters. The lowest BCUT2D eigenvalue weighted by molar-refractivity contribution is -0.125. The molecule has 6 aliphatic rings. The van der Waals surface area contributed by atoms with Gasteiger partial charge in [0.25, 0.3) is 0 Å². The van der Waals surface area contributed by atoms with Gasteiger partial charge in [-0.2, -0.15) is 0 Å². The van der Waals surface area contributed by atoms with Gasteiger partial charge in [-0.1, -0.05) is 12.1 Å². The molecule has 1 amide bonds. The Kier molecular flexibility index (Phi) is 4.92. The van der Waals surface area contributed by atoms with E-state index in [0.717, 1.165) is 61.9 Å². The fourth-order valence-corrected chi connectivity index (χ4v) is 7.88. The van der Waals surface area contributed by atoms with Crippen LogP contribution in [-0.2, 0) is 19.5 Å². The first-order valence-electron chi connectivity index (χ1n) is 14.0. The largest absolute Gasteiger partial charge is 0.494 e. The molecule has 5 fully saturated rings. The minimum atomic E-state index is -0.402. The number of fused-ring (bicyclic) bond motifs is 4. The highest BCUT2D eigenvalue weighted by Gasteiger charge is 2.57. The van der Waals surface area contributed by atoms with Crippen molar-refractivity contribution in [3.05, 3.63) is 23.8 Å². The van der Waals surface area contributed by atoms with Gasteiger partial charge >= 0.3 is 7.12 Å². The number of likely N-dealkylation sites (tertiary alicyclic amines) is 1. The summed E-state index contributed by atoms with van der Waals surface area (Å²) in [6.45, 7) is 11.5. The first kappa shape index (κ1) is 22.8. The lowest BCUT2D eigenvalue weighted by Gasteiger charge is -2.48. The second-order valence-electron chi connectivity index (χ2n) is 13.2. The smallest absolute Gasteiger partial charge is 0.399 e. The zero-order valence-corrected chi connectivity index (χ0v) is 21.8. The molecule has 6 nitrogen and oxygen atoms in total. The van der Waals surface area contributed by atoms with Crippen LogP contribution in [-0.4, -0.2) is 66.9 Å². The zero-order valence-electron chi connectivity index (χ0n) is 21.8. The summed E-state index contributed by atoms with van der Waals surface area (Å²) in [7, 11) is -0.402. The van der Waals surface area contributed by atoms with Crippen molar-refractivity contribution in [2.24, 2.45) is 5.92 Å². The van der Waals surface area contributed by atoms with Crippen LogP contribution in [0.1, 0.15) is 78.2 Å². The zero-order chi connectivity index (χ0) is 24.2. The molecule has 1 spiro atoms. The molecular formula is C28H40BN3O3. The molecule has 1 aromatic carbocycles. The van der Waals surface area contributed by atoms with Crippen LogP contribution in [0, 0.1) is 5.92 Å². The van der Waals surface area contributed by atoms with Crippen molar-refractivity contribution < 1.29 is 14.1 Å².